The second-order valence-electron chi connectivity index (χ2n) is 5.10. The van der Waals surface area contributed by atoms with E-state index in [1.165, 1.54) is 0 Å². The lowest BCUT2D eigenvalue weighted by atomic mass is 10.1. The molecule has 108 valence electrons. The van der Waals surface area contributed by atoms with Crippen LogP contribution in [0, 0.1) is 5.92 Å². The van der Waals surface area contributed by atoms with Crippen molar-refractivity contribution in [3.8, 4) is 0 Å². The first-order valence-corrected chi connectivity index (χ1v) is 7.18. The summed E-state index contributed by atoms with van der Waals surface area (Å²) in [4.78, 5) is 0.335. The van der Waals surface area contributed by atoms with Gasteiger partial charge in [-0.2, -0.15) is 0 Å². The van der Waals surface area contributed by atoms with Gasteiger partial charge >= 0.3 is 0 Å². The van der Waals surface area contributed by atoms with Gasteiger partial charge in [0.25, 0.3) is 0 Å². The molecule has 5 nitrogen and oxygen atoms in total. The van der Waals surface area contributed by atoms with Crippen molar-refractivity contribution in [3.05, 3.63) is 11.4 Å². The molecule has 0 aliphatic heterocycles. The molecule has 1 rings (SSSR count). The molecule has 0 spiro atoms. The van der Waals surface area contributed by atoms with E-state index in [1.54, 1.807) is 7.11 Å². The summed E-state index contributed by atoms with van der Waals surface area (Å²) >= 11 is 5.04. The van der Waals surface area contributed by atoms with E-state index < -0.39 is 0 Å². The first-order valence-electron chi connectivity index (χ1n) is 6.77. The van der Waals surface area contributed by atoms with E-state index in [9.17, 15) is 0 Å². The standard InChI is InChI=1S/C13H24N4OS/c1-10(2)6-7-11-12(13(14)19)15-16-17(11)8-4-5-9-18-3/h10H,4-9H2,1-3H3,(H2,14,19). The van der Waals surface area contributed by atoms with Crippen LogP contribution in [0.1, 0.15) is 44.5 Å². The molecule has 0 saturated carbocycles. The van der Waals surface area contributed by atoms with Crippen LogP contribution < -0.4 is 5.73 Å². The Morgan fingerprint density at radius 3 is 2.74 bits per heavy atom. The van der Waals surface area contributed by atoms with E-state index in [1.807, 2.05) is 4.68 Å². The second-order valence-corrected chi connectivity index (χ2v) is 5.54. The molecule has 0 unspecified atom stereocenters. The van der Waals surface area contributed by atoms with Crippen molar-refractivity contribution >= 4 is 17.2 Å². The highest BCUT2D eigenvalue weighted by atomic mass is 32.1. The molecule has 6 heteroatoms. The van der Waals surface area contributed by atoms with Gasteiger partial charge in [-0.25, -0.2) is 4.68 Å². The summed E-state index contributed by atoms with van der Waals surface area (Å²) in [7, 11) is 1.72. The molecule has 1 aromatic heterocycles. The predicted octanol–water partition coefficient (Wildman–Crippen LogP) is 1.93. The van der Waals surface area contributed by atoms with Gasteiger partial charge in [0.15, 0.2) is 0 Å². The summed E-state index contributed by atoms with van der Waals surface area (Å²) in [5, 5.41) is 8.28. The Morgan fingerprint density at radius 1 is 1.42 bits per heavy atom. The van der Waals surface area contributed by atoms with E-state index in [0.717, 1.165) is 44.5 Å². The zero-order valence-corrected chi connectivity index (χ0v) is 12.9. The van der Waals surface area contributed by atoms with Gasteiger partial charge in [-0.15, -0.1) is 5.10 Å². The molecule has 0 atom stereocenters. The number of nitrogens with zero attached hydrogens (tertiary/aromatic N) is 3. The number of nitrogens with two attached hydrogens (primary N) is 1. The largest absolute Gasteiger partial charge is 0.388 e. The Hall–Kier alpha value is -1.01. The summed E-state index contributed by atoms with van der Waals surface area (Å²) in [6.45, 7) is 6.02. The molecule has 0 bridgehead atoms. The number of unbranched alkanes of at least 4 members (excludes halogenated alkanes) is 1. The van der Waals surface area contributed by atoms with E-state index in [2.05, 4.69) is 24.2 Å². The minimum Gasteiger partial charge on any atom is -0.388 e. The highest BCUT2D eigenvalue weighted by molar-refractivity contribution is 7.80. The average molecular weight is 284 g/mol. The highest BCUT2D eigenvalue weighted by Crippen LogP contribution is 2.13. The number of ether oxygens (including phenoxy) is 1. The minimum atomic E-state index is 0.335. The molecule has 0 amide bonds. The molecule has 0 saturated heterocycles. The number of rotatable bonds is 9. The second kappa shape index (κ2) is 8.22. The molecule has 0 aliphatic carbocycles. The molecule has 0 aromatic carbocycles. The molecule has 2 N–H and O–H groups in total. The van der Waals surface area contributed by atoms with E-state index >= 15 is 0 Å². The zero-order chi connectivity index (χ0) is 14.3. The lowest BCUT2D eigenvalue weighted by Crippen LogP contribution is -2.15. The van der Waals surface area contributed by atoms with Crippen molar-refractivity contribution in [2.24, 2.45) is 11.7 Å². The van der Waals surface area contributed by atoms with Gasteiger partial charge in [-0.05, 0) is 31.6 Å². The first-order chi connectivity index (χ1) is 9.06. The van der Waals surface area contributed by atoms with E-state index in [-0.39, 0.29) is 0 Å². The molecular formula is C13H24N4OS. The highest BCUT2D eigenvalue weighted by Gasteiger charge is 2.15. The van der Waals surface area contributed by atoms with Crippen LogP contribution in [-0.2, 0) is 17.7 Å². The van der Waals surface area contributed by atoms with Crippen LogP contribution in [0.3, 0.4) is 0 Å². The lowest BCUT2D eigenvalue weighted by Gasteiger charge is -2.09. The van der Waals surface area contributed by atoms with Gasteiger partial charge in [0.05, 0.1) is 5.69 Å². The van der Waals surface area contributed by atoms with Crippen molar-refractivity contribution < 1.29 is 4.74 Å². The molecule has 0 fully saturated rings. The molecule has 0 radical (unpaired) electrons. The van der Waals surface area contributed by atoms with Crippen molar-refractivity contribution in [1.29, 1.82) is 0 Å². The third-order valence-corrected chi connectivity index (χ3v) is 3.19. The maximum Gasteiger partial charge on any atom is 0.143 e. The van der Waals surface area contributed by atoms with Gasteiger partial charge in [0.2, 0.25) is 0 Å². The fraction of sp³-hybridized carbons (Fsp3) is 0.769. The summed E-state index contributed by atoms with van der Waals surface area (Å²) in [6, 6.07) is 0. The van der Waals surface area contributed by atoms with Crippen LogP contribution in [0.5, 0.6) is 0 Å². The topological polar surface area (TPSA) is 66.0 Å². The molecular weight excluding hydrogens is 260 g/mol. The Balaban J connectivity index is 2.70. The van der Waals surface area contributed by atoms with Crippen molar-refractivity contribution in [2.75, 3.05) is 13.7 Å². The summed E-state index contributed by atoms with van der Waals surface area (Å²) in [6.07, 6.45) is 4.04. The SMILES string of the molecule is COCCCCn1nnc(C(N)=S)c1CCC(C)C. The van der Waals surface area contributed by atoms with E-state index in [4.69, 9.17) is 22.7 Å². The van der Waals surface area contributed by atoms with Gasteiger partial charge in [-0.3, -0.25) is 0 Å². The fourth-order valence-corrected chi connectivity index (χ4v) is 2.04. The van der Waals surface area contributed by atoms with Crippen LogP contribution in [0.2, 0.25) is 0 Å². The zero-order valence-electron chi connectivity index (χ0n) is 12.1. The van der Waals surface area contributed by atoms with Crippen LogP contribution in [0.15, 0.2) is 0 Å². The third kappa shape index (κ3) is 5.24. The van der Waals surface area contributed by atoms with Crippen LogP contribution in [-0.4, -0.2) is 33.7 Å². The van der Waals surface area contributed by atoms with Crippen LogP contribution in [0.4, 0.5) is 0 Å². The van der Waals surface area contributed by atoms with Gasteiger partial charge in [-0.1, -0.05) is 31.3 Å². The van der Waals surface area contributed by atoms with Crippen LogP contribution >= 0.6 is 12.2 Å². The van der Waals surface area contributed by atoms with Gasteiger partial charge in [0.1, 0.15) is 10.7 Å². The number of aryl methyl sites for hydroxylation is 1. The Labute approximate surface area is 120 Å². The maximum absolute atomic E-state index is 5.71. The Bertz CT molecular complexity index is 403. The van der Waals surface area contributed by atoms with Crippen LogP contribution in [0.25, 0.3) is 0 Å². The number of hydrogen-bond acceptors (Lipinski definition) is 4. The number of aromatic nitrogens is 3. The van der Waals surface area contributed by atoms with Crippen molar-refractivity contribution in [3.63, 3.8) is 0 Å². The minimum absolute atomic E-state index is 0.335. The maximum atomic E-state index is 5.71. The fourth-order valence-electron chi connectivity index (χ4n) is 1.88. The Kier molecular flexibility index (Phi) is 6.94. The quantitative estimate of drug-likeness (QED) is 0.554. The summed E-state index contributed by atoms with van der Waals surface area (Å²) in [5.74, 6) is 0.635. The number of hydrogen-bond donors (Lipinski definition) is 1. The normalized spacial score (nSPS) is 11.2. The smallest absolute Gasteiger partial charge is 0.143 e. The molecule has 1 aromatic rings. The van der Waals surface area contributed by atoms with Crippen molar-refractivity contribution in [1.82, 2.24) is 15.0 Å². The van der Waals surface area contributed by atoms with Gasteiger partial charge < -0.3 is 10.5 Å². The summed E-state index contributed by atoms with van der Waals surface area (Å²) in [5.41, 5.74) is 7.46. The van der Waals surface area contributed by atoms with Gasteiger partial charge in [0, 0.05) is 20.3 Å². The monoisotopic (exact) mass is 284 g/mol. The number of thiocarbonyl (C=S) groups is 1. The van der Waals surface area contributed by atoms with Crippen molar-refractivity contribution in [2.45, 2.75) is 46.1 Å². The molecule has 19 heavy (non-hydrogen) atoms. The average Bonchev–Trinajstić information content (AvgIpc) is 2.75. The summed E-state index contributed by atoms with van der Waals surface area (Å²) < 4.78 is 6.98. The Morgan fingerprint density at radius 2 is 2.16 bits per heavy atom. The van der Waals surface area contributed by atoms with E-state index in [0.29, 0.717) is 16.6 Å². The number of methoxy groups -OCH3 is 1. The lowest BCUT2D eigenvalue weighted by molar-refractivity contribution is 0.190. The predicted molar refractivity (Wildman–Crippen MR) is 80.2 cm³/mol. The first kappa shape index (κ1) is 16.0. The molecule has 0 aliphatic rings. The molecule has 1 heterocycles. The third-order valence-electron chi connectivity index (χ3n) is 3.00.